The van der Waals surface area contributed by atoms with Crippen LogP contribution in [-0.2, 0) is 0 Å². The molecule has 0 amide bonds. The van der Waals surface area contributed by atoms with Gasteiger partial charge in [0, 0.05) is 16.1 Å². The second kappa shape index (κ2) is 6.41. The number of hydrogen-bond acceptors (Lipinski definition) is 4. The molecule has 1 aromatic carbocycles. The van der Waals surface area contributed by atoms with Gasteiger partial charge in [0.05, 0.1) is 5.75 Å². The normalized spacial score (nSPS) is 11.0. The Morgan fingerprint density at radius 1 is 1.50 bits per heavy atom. The molecule has 1 heterocycles. The maximum absolute atomic E-state index is 12.1. The number of rotatable bonds is 5. The molecular weight excluding hydrogens is 342 g/mol. The lowest BCUT2D eigenvalue weighted by Gasteiger charge is -2.08. The molecule has 2 rings (SSSR count). The number of H-pyrrole nitrogens is 1. The summed E-state index contributed by atoms with van der Waals surface area (Å²) in [5, 5.41) is 6.89. The Balaban J connectivity index is 2.10. The lowest BCUT2D eigenvalue weighted by molar-refractivity contribution is 0.102. The predicted molar refractivity (Wildman–Crippen MR) is 82.4 cm³/mol. The Kier molecular flexibility index (Phi) is 4.82. The second-order valence-electron chi connectivity index (χ2n) is 4.50. The summed E-state index contributed by atoms with van der Waals surface area (Å²) >= 11 is 4.60. The Bertz CT molecular complexity index is 678. The minimum absolute atomic E-state index is 0.00190. The highest BCUT2D eigenvalue weighted by Gasteiger charge is 2.14. The number of carbonyl (C=O) groups excluding carboxylic acids is 1. The van der Waals surface area contributed by atoms with Crippen molar-refractivity contribution in [2.24, 2.45) is 0 Å². The van der Waals surface area contributed by atoms with Gasteiger partial charge in [0.15, 0.2) is 10.9 Å². The number of carbonyl (C=O) groups is 1. The number of thioether (sulfide) groups is 1. The van der Waals surface area contributed by atoms with E-state index in [4.69, 9.17) is 0 Å². The molecule has 0 aliphatic rings. The molecule has 0 saturated heterocycles. The number of aromatic amines is 1. The fraction of sp³-hybridized carbons (Fsp3) is 0.308. The molecule has 20 heavy (non-hydrogen) atoms. The first kappa shape index (κ1) is 15.1. The third-order valence-corrected chi connectivity index (χ3v) is 4.11. The van der Waals surface area contributed by atoms with Crippen LogP contribution in [0, 0.1) is 0 Å². The fourth-order valence-corrected chi connectivity index (χ4v) is 3.09. The average molecular weight is 356 g/mol. The Hall–Kier alpha value is -1.34. The van der Waals surface area contributed by atoms with Gasteiger partial charge in [-0.2, -0.15) is 0 Å². The van der Waals surface area contributed by atoms with Gasteiger partial charge in [-0.25, -0.2) is 9.89 Å². The van der Waals surface area contributed by atoms with Gasteiger partial charge in [-0.15, -0.1) is 5.10 Å². The van der Waals surface area contributed by atoms with Gasteiger partial charge >= 0.3 is 5.69 Å². The van der Waals surface area contributed by atoms with Gasteiger partial charge in [-0.3, -0.25) is 9.36 Å². The largest absolute Gasteiger partial charge is 0.344 e. The maximum Gasteiger partial charge on any atom is 0.344 e. The molecule has 0 unspecified atom stereocenters. The van der Waals surface area contributed by atoms with Crippen LogP contribution in [0.3, 0.4) is 0 Å². The molecule has 2 aromatic rings. The monoisotopic (exact) mass is 355 g/mol. The number of Topliss-reactive ketones (excluding diaryl/α,β-unsaturated/α-hetero) is 1. The van der Waals surface area contributed by atoms with E-state index in [0.29, 0.717) is 10.7 Å². The van der Waals surface area contributed by atoms with Gasteiger partial charge in [-0.05, 0) is 26.0 Å². The molecule has 0 bridgehead atoms. The molecule has 0 fully saturated rings. The van der Waals surface area contributed by atoms with Crippen LogP contribution in [0.1, 0.15) is 30.2 Å². The molecule has 106 valence electrons. The fourth-order valence-electron chi connectivity index (χ4n) is 1.72. The summed E-state index contributed by atoms with van der Waals surface area (Å²) in [5.41, 5.74) is 0.387. The van der Waals surface area contributed by atoms with Crippen molar-refractivity contribution in [1.82, 2.24) is 14.8 Å². The highest BCUT2D eigenvalue weighted by atomic mass is 79.9. The van der Waals surface area contributed by atoms with Crippen molar-refractivity contribution in [2.75, 3.05) is 5.75 Å². The van der Waals surface area contributed by atoms with Crippen LogP contribution in [0.4, 0.5) is 0 Å². The molecular formula is C13H14BrN3O2S. The summed E-state index contributed by atoms with van der Waals surface area (Å²) in [6.07, 6.45) is 0. The van der Waals surface area contributed by atoms with Crippen molar-refractivity contribution >= 4 is 33.5 Å². The number of hydrogen-bond donors (Lipinski definition) is 1. The molecule has 0 radical (unpaired) electrons. The Morgan fingerprint density at radius 2 is 2.25 bits per heavy atom. The molecule has 0 spiro atoms. The topological polar surface area (TPSA) is 67.8 Å². The molecule has 0 saturated carbocycles. The third kappa shape index (κ3) is 3.40. The van der Waals surface area contributed by atoms with Crippen LogP contribution in [0.2, 0.25) is 0 Å². The SMILES string of the molecule is CC(C)n1c(SCC(=O)c2cccc(Br)c2)n[nH]c1=O. The van der Waals surface area contributed by atoms with E-state index in [9.17, 15) is 9.59 Å². The number of aromatic nitrogens is 3. The van der Waals surface area contributed by atoms with Crippen molar-refractivity contribution in [2.45, 2.75) is 25.0 Å². The van der Waals surface area contributed by atoms with Gasteiger partial charge < -0.3 is 0 Å². The number of benzene rings is 1. The van der Waals surface area contributed by atoms with Crippen LogP contribution in [0.15, 0.2) is 38.7 Å². The van der Waals surface area contributed by atoms with Crippen molar-refractivity contribution < 1.29 is 4.79 Å². The molecule has 5 nitrogen and oxygen atoms in total. The summed E-state index contributed by atoms with van der Waals surface area (Å²) < 4.78 is 2.41. The molecule has 0 aliphatic carbocycles. The van der Waals surface area contributed by atoms with E-state index in [-0.39, 0.29) is 23.3 Å². The van der Waals surface area contributed by atoms with Crippen molar-refractivity contribution in [1.29, 1.82) is 0 Å². The van der Waals surface area contributed by atoms with Crippen LogP contribution < -0.4 is 5.69 Å². The van der Waals surface area contributed by atoms with E-state index in [1.807, 2.05) is 26.0 Å². The number of nitrogens with zero attached hydrogens (tertiary/aromatic N) is 2. The van der Waals surface area contributed by atoms with Crippen molar-refractivity contribution in [3.05, 3.63) is 44.8 Å². The first-order valence-electron chi connectivity index (χ1n) is 6.07. The predicted octanol–water partition coefficient (Wildman–Crippen LogP) is 2.89. The first-order valence-corrected chi connectivity index (χ1v) is 7.85. The lowest BCUT2D eigenvalue weighted by atomic mass is 10.2. The third-order valence-electron chi connectivity index (χ3n) is 2.67. The zero-order valence-electron chi connectivity index (χ0n) is 11.1. The van der Waals surface area contributed by atoms with E-state index in [1.165, 1.54) is 11.8 Å². The second-order valence-corrected chi connectivity index (χ2v) is 6.36. The van der Waals surface area contributed by atoms with E-state index < -0.39 is 0 Å². The van der Waals surface area contributed by atoms with E-state index in [0.717, 1.165) is 4.47 Å². The maximum atomic E-state index is 12.1. The zero-order valence-corrected chi connectivity index (χ0v) is 13.5. The number of nitrogens with one attached hydrogen (secondary N) is 1. The summed E-state index contributed by atoms with van der Waals surface area (Å²) in [6, 6.07) is 7.25. The first-order chi connectivity index (χ1) is 9.49. The smallest absolute Gasteiger partial charge is 0.293 e. The minimum Gasteiger partial charge on any atom is -0.293 e. The molecule has 0 aliphatic heterocycles. The average Bonchev–Trinajstić information content (AvgIpc) is 2.77. The van der Waals surface area contributed by atoms with Crippen LogP contribution in [-0.4, -0.2) is 26.3 Å². The zero-order chi connectivity index (χ0) is 14.7. The van der Waals surface area contributed by atoms with Gasteiger partial charge in [0.25, 0.3) is 0 Å². The highest BCUT2D eigenvalue weighted by Crippen LogP contribution is 2.19. The van der Waals surface area contributed by atoms with Gasteiger partial charge in [0.1, 0.15) is 0 Å². The van der Waals surface area contributed by atoms with Gasteiger partial charge in [-0.1, -0.05) is 39.8 Å². The van der Waals surface area contributed by atoms with Crippen LogP contribution in [0.25, 0.3) is 0 Å². The van der Waals surface area contributed by atoms with Crippen molar-refractivity contribution in [3.8, 4) is 0 Å². The molecule has 1 aromatic heterocycles. The van der Waals surface area contributed by atoms with E-state index in [1.54, 1.807) is 16.7 Å². The van der Waals surface area contributed by atoms with Crippen LogP contribution >= 0.6 is 27.7 Å². The lowest BCUT2D eigenvalue weighted by Crippen LogP contribution is -2.19. The van der Waals surface area contributed by atoms with Crippen molar-refractivity contribution in [3.63, 3.8) is 0 Å². The van der Waals surface area contributed by atoms with Crippen LogP contribution in [0.5, 0.6) is 0 Å². The summed E-state index contributed by atoms with van der Waals surface area (Å²) in [4.78, 5) is 23.7. The summed E-state index contributed by atoms with van der Waals surface area (Å²) in [6.45, 7) is 3.80. The molecule has 1 N–H and O–H groups in total. The quantitative estimate of drug-likeness (QED) is 0.661. The minimum atomic E-state index is -0.252. The van der Waals surface area contributed by atoms with Gasteiger partial charge in [0.2, 0.25) is 0 Å². The standard InChI is InChI=1S/C13H14BrN3O2S/c1-8(2)17-12(19)15-16-13(17)20-7-11(18)9-4-3-5-10(14)6-9/h3-6,8H,7H2,1-2H3,(H,15,19). The highest BCUT2D eigenvalue weighted by molar-refractivity contribution is 9.10. The van der Waals surface area contributed by atoms with E-state index in [2.05, 4.69) is 26.1 Å². The summed E-state index contributed by atoms with van der Waals surface area (Å²) in [5.74, 6) is 0.245. The Morgan fingerprint density at radius 3 is 2.90 bits per heavy atom. The Labute approximate surface area is 128 Å². The summed E-state index contributed by atoms with van der Waals surface area (Å²) in [7, 11) is 0. The number of halogens is 1. The molecule has 0 atom stereocenters. The van der Waals surface area contributed by atoms with E-state index >= 15 is 0 Å². The molecule has 7 heteroatoms. The number of ketones is 1.